The fourth-order valence-corrected chi connectivity index (χ4v) is 3.26. The minimum Gasteiger partial charge on any atom is -0.325 e. The highest BCUT2D eigenvalue weighted by Crippen LogP contribution is 2.26. The molecule has 1 unspecified atom stereocenters. The molecule has 2 N–H and O–H groups in total. The molecule has 0 aromatic heterocycles. The molecular weight excluding hydrogens is 369 g/mol. The van der Waals surface area contributed by atoms with Gasteiger partial charge in [-0.15, -0.1) is 12.4 Å². The largest absolute Gasteiger partial charge is 0.325 e. The van der Waals surface area contributed by atoms with E-state index >= 15 is 0 Å². The van der Waals surface area contributed by atoms with E-state index in [-0.39, 0.29) is 24.4 Å². The fourth-order valence-electron chi connectivity index (χ4n) is 2.96. The van der Waals surface area contributed by atoms with Crippen LogP contribution in [0.1, 0.15) is 26.2 Å². The number of anilines is 1. The van der Waals surface area contributed by atoms with Gasteiger partial charge in [0.1, 0.15) is 0 Å². The van der Waals surface area contributed by atoms with Crippen molar-refractivity contribution < 1.29 is 4.79 Å². The Morgan fingerprint density at radius 1 is 1.29 bits per heavy atom. The zero-order valence-corrected chi connectivity index (χ0v) is 16.5. The van der Waals surface area contributed by atoms with E-state index in [1.807, 2.05) is 14.0 Å². The van der Waals surface area contributed by atoms with Crippen molar-refractivity contribution in [3.63, 3.8) is 0 Å². The number of nitrogens with zero attached hydrogens (tertiary/aromatic N) is 1. The van der Waals surface area contributed by atoms with Crippen LogP contribution in [0.25, 0.3) is 0 Å². The Labute approximate surface area is 160 Å². The summed E-state index contributed by atoms with van der Waals surface area (Å²) in [5.74, 6) is 0.765. The van der Waals surface area contributed by atoms with Crippen LogP contribution in [0.4, 0.5) is 5.69 Å². The molecule has 1 aromatic carbocycles. The topological polar surface area (TPSA) is 44.4 Å². The van der Waals surface area contributed by atoms with Crippen LogP contribution in [0.2, 0.25) is 10.0 Å². The van der Waals surface area contributed by atoms with E-state index in [0.29, 0.717) is 15.7 Å². The molecule has 0 saturated carbocycles. The second-order valence-corrected chi connectivity index (χ2v) is 6.98. The molecule has 1 aliphatic rings. The molecule has 7 heteroatoms. The standard InChI is InChI=1S/C17H25Cl2N3O.ClH/c1-12(22-9-6-13(7-10-22)5-8-20-2)17(23)21-14-3-4-15(18)16(19)11-14;/h3-4,11-13,20H,5-10H2,1-2H3,(H,21,23);1H. The minimum absolute atomic E-state index is 0. The quantitative estimate of drug-likeness (QED) is 0.764. The van der Waals surface area contributed by atoms with Crippen LogP contribution in [-0.4, -0.2) is 43.5 Å². The molecular formula is C17H26Cl3N3O. The molecule has 1 fully saturated rings. The predicted molar refractivity (Wildman–Crippen MR) is 105 cm³/mol. The number of carbonyl (C=O) groups excluding carboxylic acids is 1. The highest BCUT2D eigenvalue weighted by Gasteiger charge is 2.26. The summed E-state index contributed by atoms with van der Waals surface area (Å²) in [5.41, 5.74) is 0.681. The van der Waals surface area contributed by atoms with Crippen LogP contribution >= 0.6 is 35.6 Å². The first-order valence-corrected chi connectivity index (χ1v) is 8.91. The van der Waals surface area contributed by atoms with E-state index in [4.69, 9.17) is 23.2 Å². The van der Waals surface area contributed by atoms with Gasteiger partial charge in [0, 0.05) is 5.69 Å². The number of amides is 1. The molecule has 1 aromatic rings. The molecule has 1 aliphatic heterocycles. The maximum Gasteiger partial charge on any atom is 0.241 e. The van der Waals surface area contributed by atoms with Gasteiger partial charge in [0.25, 0.3) is 0 Å². The van der Waals surface area contributed by atoms with E-state index < -0.39 is 0 Å². The number of hydrogen-bond acceptors (Lipinski definition) is 3. The van der Waals surface area contributed by atoms with Crippen molar-refractivity contribution in [2.24, 2.45) is 5.92 Å². The zero-order valence-electron chi connectivity index (χ0n) is 14.1. The smallest absolute Gasteiger partial charge is 0.241 e. The van der Waals surface area contributed by atoms with Crippen LogP contribution in [0.3, 0.4) is 0 Å². The molecule has 4 nitrogen and oxygen atoms in total. The highest BCUT2D eigenvalue weighted by atomic mass is 35.5. The summed E-state index contributed by atoms with van der Waals surface area (Å²) in [6.45, 7) is 4.98. The van der Waals surface area contributed by atoms with Crippen molar-refractivity contribution in [1.29, 1.82) is 0 Å². The molecule has 136 valence electrons. The Balaban J connectivity index is 0.00000288. The number of nitrogens with one attached hydrogen (secondary N) is 2. The molecule has 1 heterocycles. The van der Waals surface area contributed by atoms with Gasteiger partial charge in [-0.3, -0.25) is 9.69 Å². The lowest BCUT2D eigenvalue weighted by atomic mass is 9.93. The SMILES string of the molecule is CNCCC1CCN(C(C)C(=O)Nc2ccc(Cl)c(Cl)c2)CC1.Cl. The summed E-state index contributed by atoms with van der Waals surface area (Å²) >= 11 is 11.9. The third kappa shape index (κ3) is 6.08. The number of piperidine rings is 1. The van der Waals surface area contributed by atoms with Gasteiger partial charge in [-0.25, -0.2) is 0 Å². The van der Waals surface area contributed by atoms with E-state index in [9.17, 15) is 4.79 Å². The first kappa shape index (κ1) is 21.5. The highest BCUT2D eigenvalue weighted by molar-refractivity contribution is 6.42. The summed E-state index contributed by atoms with van der Waals surface area (Å²) in [4.78, 5) is 14.7. The zero-order chi connectivity index (χ0) is 16.8. The van der Waals surface area contributed by atoms with Crippen molar-refractivity contribution in [3.8, 4) is 0 Å². The van der Waals surface area contributed by atoms with Crippen molar-refractivity contribution in [2.45, 2.75) is 32.2 Å². The summed E-state index contributed by atoms with van der Waals surface area (Å²) in [5, 5.41) is 7.06. The average Bonchev–Trinajstić information content (AvgIpc) is 2.56. The molecule has 0 spiro atoms. The van der Waals surface area contributed by atoms with Crippen LogP contribution in [0, 0.1) is 5.92 Å². The van der Waals surface area contributed by atoms with Gasteiger partial charge < -0.3 is 10.6 Å². The number of rotatable bonds is 6. The lowest BCUT2D eigenvalue weighted by Crippen LogP contribution is -2.46. The van der Waals surface area contributed by atoms with Crippen molar-refractivity contribution in [1.82, 2.24) is 10.2 Å². The Bertz CT molecular complexity index is 534. The molecule has 1 saturated heterocycles. The third-order valence-electron chi connectivity index (χ3n) is 4.57. The van der Waals surface area contributed by atoms with Crippen LogP contribution in [0.15, 0.2) is 18.2 Å². The first-order chi connectivity index (χ1) is 11.0. The Morgan fingerprint density at radius 3 is 2.54 bits per heavy atom. The summed E-state index contributed by atoms with van der Waals surface area (Å²) < 4.78 is 0. The number of carbonyl (C=O) groups is 1. The van der Waals surface area contributed by atoms with Gasteiger partial charge in [0.15, 0.2) is 0 Å². The summed E-state index contributed by atoms with van der Waals surface area (Å²) in [6.07, 6.45) is 3.53. The van der Waals surface area contributed by atoms with Crippen molar-refractivity contribution >= 4 is 47.2 Å². The Hall–Kier alpha value is -0.520. The molecule has 1 atom stereocenters. The second kappa shape index (κ2) is 10.5. The van der Waals surface area contributed by atoms with E-state index in [0.717, 1.165) is 38.4 Å². The summed E-state index contributed by atoms with van der Waals surface area (Å²) in [6, 6.07) is 4.99. The molecule has 1 amide bonds. The maximum atomic E-state index is 12.4. The van der Waals surface area contributed by atoms with Gasteiger partial charge in [0.2, 0.25) is 5.91 Å². The van der Waals surface area contributed by atoms with Crippen LogP contribution < -0.4 is 10.6 Å². The van der Waals surface area contributed by atoms with Gasteiger partial charge in [-0.2, -0.15) is 0 Å². The summed E-state index contributed by atoms with van der Waals surface area (Å²) in [7, 11) is 1.99. The van der Waals surface area contributed by atoms with Gasteiger partial charge >= 0.3 is 0 Å². The number of halogens is 3. The molecule has 2 rings (SSSR count). The van der Waals surface area contributed by atoms with Crippen molar-refractivity contribution in [2.75, 3.05) is 32.0 Å². The van der Waals surface area contributed by atoms with Crippen molar-refractivity contribution in [3.05, 3.63) is 28.2 Å². The predicted octanol–water partition coefficient (Wildman–Crippen LogP) is 4.06. The van der Waals surface area contributed by atoms with Crippen LogP contribution in [-0.2, 0) is 4.79 Å². The lowest BCUT2D eigenvalue weighted by molar-refractivity contribution is -0.121. The second-order valence-electron chi connectivity index (χ2n) is 6.17. The van der Waals surface area contributed by atoms with Gasteiger partial charge in [-0.05, 0) is 77.0 Å². The number of likely N-dealkylation sites (tertiary alicyclic amines) is 1. The maximum absolute atomic E-state index is 12.4. The number of benzene rings is 1. The molecule has 0 radical (unpaired) electrons. The van der Waals surface area contributed by atoms with E-state index in [2.05, 4.69) is 15.5 Å². The molecule has 24 heavy (non-hydrogen) atoms. The Kier molecular flexibility index (Phi) is 9.39. The van der Waals surface area contributed by atoms with Crippen LogP contribution in [0.5, 0.6) is 0 Å². The van der Waals surface area contributed by atoms with Gasteiger partial charge in [0.05, 0.1) is 16.1 Å². The average molecular weight is 395 g/mol. The normalized spacial score (nSPS) is 17.2. The monoisotopic (exact) mass is 393 g/mol. The first-order valence-electron chi connectivity index (χ1n) is 8.16. The molecule has 0 aliphatic carbocycles. The fraction of sp³-hybridized carbons (Fsp3) is 0.588. The third-order valence-corrected chi connectivity index (χ3v) is 5.31. The minimum atomic E-state index is -0.144. The van der Waals surface area contributed by atoms with E-state index in [1.54, 1.807) is 18.2 Å². The van der Waals surface area contributed by atoms with E-state index in [1.165, 1.54) is 6.42 Å². The lowest BCUT2D eigenvalue weighted by Gasteiger charge is -2.35. The van der Waals surface area contributed by atoms with Gasteiger partial charge in [-0.1, -0.05) is 23.2 Å². The molecule has 0 bridgehead atoms. The number of hydrogen-bond donors (Lipinski definition) is 2. The Morgan fingerprint density at radius 2 is 1.96 bits per heavy atom.